The van der Waals surface area contributed by atoms with Crippen molar-refractivity contribution in [2.75, 3.05) is 0 Å². The van der Waals surface area contributed by atoms with Gasteiger partial charge in [0.05, 0.1) is 9.55 Å². The van der Waals surface area contributed by atoms with Gasteiger partial charge in [-0.15, -0.1) is 0 Å². The molecule has 0 saturated heterocycles. The second-order valence-electron chi connectivity index (χ2n) is 0.471. The summed E-state index contributed by atoms with van der Waals surface area (Å²) in [5, 5.41) is 4.99. The van der Waals surface area contributed by atoms with E-state index in [1.165, 1.54) is 0 Å². The summed E-state index contributed by atoms with van der Waals surface area (Å²) >= 11 is 0. The third-order valence-electron chi connectivity index (χ3n) is 0.136. The van der Waals surface area contributed by atoms with Crippen molar-refractivity contribution in [3.63, 3.8) is 0 Å². The Morgan fingerprint density at radius 2 is 2.00 bits per heavy atom. The molecule has 0 unspecified atom stereocenters. The van der Waals surface area contributed by atoms with Crippen LogP contribution in [0.1, 0.15) is 0 Å². The van der Waals surface area contributed by atoms with Gasteiger partial charge in [-0.25, -0.2) is 0 Å². The molecular formula is H6BN2Si. The summed E-state index contributed by atoms with van der Waals surface area (Å²) in [5.41, 5.74) is 4.84. The van der Waals surface area contributed by atoms with E-state index in [1.807, 2.05) is 0 Å². The Kier molecular flexibility index (Phi) is 3.36. The lowest BCUT2D eigenvalue weighted by Gasteiger charge is -1.65. The fraction of sp³-hybridized carbons (Fsp3) is 0. The van der Waals surface area contributed by atoms with Crippen molar-refractivity contribution in [2.45, 2.75) is 0 Å². The normalized spacial score (nSPS) is 9.50. The molecule has 0 aliphatic rings. The molecule has 0 aliphatic carbocycles. The highest BCUT2D eigenvalue weighted by Crippen LogP contribution is 1.09. The van der Waals surface area contributed by atoms with Crippen molar-refractivity contribution in [1.82, 2.24) is 0 Å². The molecule has 0 aromatic rings. The molecule has 0 heterocycles. The molecule has 4 heavy (non-hydrogen) atoms. The predicted molar refractivity (Wildman–Crippen MR) is 22.7 cm³/mol. The maximum Gasteiger partial charge on any atom is 0.201 e. The van der Waals surface area contributed by atoms with Crippen molar-refractivity contribution in [3.05, 3.63) is 0 Å². The van der Waals surface area contributed by atoms with Gasteiger partial charge in [0, 0.05) is 0 Å². The van der Waals surface area contributed by atoms with Crippen LogP contribution in [0.4, 0.5) is 0 Å². The van der Waals surface area contributed by atoms with Crippen molar-refractivity contribution in [2.24, 2.45) is 11.0 Å². The minimum atomic E-state index is -0.423. The molecule has 0 amide bonds. The lowest BCUT2D eigenvalue weighted by atomic mass is 10.5. The Bertz CT molecular complexity index is 8.00. The maximum atomic E-state index is 4.99. The van der Waals surface area contributed by atoms with E-state index in [0.29, 0.717) is 0 Å². The second kappa shape index (κ2) is 3.20. The Balaban J connectivity index is 1.97. The van der Waals surface area contributed by atoms with Crippen LogP contribution in [0.2, 0.25) is 0 Å². The van der Waals surface area contributed by atoms with Gasteiger partial charge < -0.3 is 11.0 Å². The van der Waals surface area contributed by atoms with Crippen LogP contribution in [0.25, 0.3) is 0 Å². The second-order valence-corrected chi connectivity index (χ2v) is 1.41. The zero-order valence-electron chi connectivity index (χ0n) is 2.44. The Morgan fingerprint density at radius 1 is 1.75 bits per heavy atom. The molecule has 0 atom stereocenters. The first-order valence-corrected chi connectivity index (χ1v) is 2.78. The highest BCUT2D eigenvalue weighted by atomic mass is 28.2. The van der Waals surface area contributed by atoms with Crippen LogP contribution in [0, 0.1) is 0 Å². The molecular weight excluding hydrogens is 66.9 g/mol. The van der Waals surface area contributed by atoms with Crippen molar-refractivity contribution >= 4 is 16.6 Å². The van der Waals surface area contributed by atoms with Crippen LogP contribution in [-0.4, -0.2) is 16.6 Å². The van der Waals surface area contributed by atoms with Crippen LogP contribution in [0.3, 0.4) is 0 Å². The predicted octanol–water partition coefficient (Wildman–Crippen LogP) is -2.48. The van der Waals surface area contributed by atoms with E-state index in [2.05, 4.69) is 0 Å². The zero-order valence-corrected chi connectivity index (χ0v) is 3.85. The van der Waals surface area contributed by atoms with E-state index in [9.17, 15) is 0 Å². The molecule has 0 aliphatic heterocycles. The fourth-order valence-electron chi connectivity index (χ4n) is 0. The molecule has 0 rings (SSSR count). The topological polar surface area (TPSA) is 52.0 Å². The molecule has 23 valence electrons. The van der Waals surface area contributed by atoms with Gasteiger partial charge in [-0.1, -0.05) is 0 Å². The first-order valence-electron chi connectivity index (χ1n) is 1.15. The standard InChI is InChI=1S/BH6N2Si/c2-1-4-3/h2-4H2. The summed E-state index contributed by atoms with van der Waals surface area (Å²) in [6.45, 7) is 0. The highest BCUT2D eigenvalue weighted by Gasteiger charge is 1.64. The van der Waals surface area contributed by atoms with Crippen molar-refractivity contribution in [3.8, 4) is 0 Å². The van der Waals surface area contributed by atoms with E-state index < -0.39 is 9.55 Å². The first kappa shape index (κ1) is 4.20. The molecule has 0 bridgehead atoms. The maximum absolute atomic E-state index is 4.99. The molecule has 0 fully saturated rings. The Hall–Kier alpha value is 0.202. The third-order valence-corrected chi connectivity index (χ3v) is 0.408. The quantitative estimate of drug-likeness (QED) is 0.338. The summed E-state index contributed by atoms with van der Waals surface area (Å²) in [4.78, 5) is 0. The minimum absolute atomic E-state index is 0.423. The average molecular weight is 73.0 g/mol. The summed E-state index contributed by atoms with van der Waals surface area (Å²) in [7, 11) is 1.12. The molecule has 0 aromatic heterocycles. The molecule has 2 nitrogen and oxygen atoms in total. The number of nitrogens with two attached hydrogens (primary N) is 2. The number of hydrogen-bond acceptors (Lipinski definition) is 2. The monoisotopic (exact) mass is 73.0 g/mol. The molecule has 0 spiro atoms. The lowest BCUT2D eigenvalue weighted by molar-refractivity contribution is 1.91. The highest BCUT2D eigenvalue weighted by molar-refractivity contribution is 6.97. The van der Waals surface area contributed by atoms with E-state index in [1.54, 1.807) is 7.01 Å². The van der Waals surface area contributed by atoms with E-state index in [4.69, 9.17) is 11.0 Å². The molecule has 1 radical (unpaired) electrons. The zero-order chi connectivity index (χ0) is 3.41. The van der Waals surface area contributed by atoms with Gasteiger partial charge in [0.15, 0.2) is 0 Å². The van der Waals surface area contributed by atoms with Crippen LogP contribution < -0.4 is 11.0 Å². The van der Waals surface area contributed by atoms with Crippen LogP contribution in [0.5, 0.6) is 0 Å². The number of rotatable bonds is 1. The average Bonchev–Trinajstić information content (AvgIpc) is 1.37. The van der Waals surface area contributed by atoms with E-state index in [0.717, 1.165) is 0 Å². The Morgan fingerprint density at radius 3 is 2.00 bits per heavy atom. The van der Waals surface area contributed by atoms with Gasteiger partial charge in [-0.3, -0.25) is 0 Å². The fourth-order valence-corrected chi connectivity index (χ4v) is 0. The van der Waals surface area contributed by atoms with Gasteiger partial charge in [0.1, 0.15) is 0 Å². The first-order chi connectivity index (χ1) is 1.91. The van der Waals surface area contributed by atoms with Gasteiger partial charge in [-0.05, 0) is 0 Å². The molecule has 4 heteroatoms. The lowest BCUT2D eigenvalue weighted by Crippen LogP contribution is -2.22. The van der Waals surface area contributed by atoms with Crippen LogP contribution in [0.15, 0.2) is 0 Å². The molecule has 0 aromatic carbocycles. The summed E-state index contributed by atoms with van der Waals surface area (Å²) in [6.07, 6.45) is 0. The molecule has 4 N–H and O–H groups in total. The van der Waals surface area contributed by atoms with Crippen LogP contribution >= 0.6 is 0 Å². The van der Waals surface area contributed by atoms with Crippen molar-refractivity contribution < 1.29 is 0 Å². The van der Waals surface area contributed by atoms with Gasteiger partial charge in [-0.2, -0.15) is 0 Å². The largest absolute Gasteiger partial charge is 0.376 e. The van der Waals surface area contributed by atoms with E-state index >= 15 is 0 Å². The molecule has 0 saturated carbocycles. The summed E-state index contributed by atoms with van der Waals surface area (Å²) in [6, 6.07) is 0. The van der Waals surface area contributed by atoms with Gasteiger partial charge in [0.25, 0.3) is 0 Å². The Labute approximate surface area is 28.7 Å². The number of hydrogen-bond donors (Lipinski definition) is 2. The van der Waals surface area contributed by atoms with Gasteiger partial charge >= 0.3 is 0 Å². The smallest absolute Gasteiger partial charge is 0.201 e. The minimum Gasteiger partial charge on any atom is -0.376 e. The van der Waals surface area contributed by atoms with Crippen LogP contribution in [-0.2, 0) is 0 Å². The SMILES string of the molecule is N[B][SiH2]N. The summed E-state index contributed by atoms with van der Waals surface area (Å²) < 4.78 is 0. The third kappa shape index (κ3) is 2.20. The van der Waals surface area contributed by atoms with Gasteiger partial charge in [0.2, 0.25) is 7.01 Å². The van der Waals surface area contributed by atoms with Crippen molar-refractivity contribution in [1.29, 1.82) is 0 Å². The summed E-state index contributed by atoms with van der Waals surface area (Å²) in [5.74, 6) is 0. The van der Waals surface area contributed by atoms with E-state index in [-0.39, 0.29) is 0 Å².